The highest BCUT2D eigenvalue weighted by Crippen LogP contribution is 2.15. The molecular formula is C18H20FNO2. The molecule has 1 amide bonds. The third-order valence-corrected chi connectivity index (χ3v) is 3.43. The Morgan fingerprint density at radius 3 is 2.23 bits per heavy atom. The zero-order valence-corrected chi connectivity index (χ0v) is 13.0. The van der Waals surface area contributed by atoms with E-state index in [4.69, 9.17) is 4.74 Å². The molecule has 0 unspecified atom stereocenters. The van der Waals surface area contributed by atoms with Crippen molar-refractivity contribution in [3.8, 4) is 5.75 Å². The van der Waals surface area contributed by atoms with E-state index in [-0.39, 0.29) is 17.8 Å². The molecule has 0 aliphatic heterocycles. The van der Waals surface area contributed by atoms with Gasteiger partial charge < -0.3 is 10.1 Å². The topological polar surface area (TPSA) is 38.3 Å². The first-order valence-corrected chi connectivity index (χ1v) is 7.25. The molecule has 0 fully saturated rings. The molecule has 2 aromatic rings. The Morgan fingerprint density at radius 2 is 1.64 bits per heavy atom. The van der Waals surface area contributed by atoms with Gasteiger partial charge >= 0.3 is 0 Å². The number of aryl methyl sites for hydroxylation is 1. The van der Waals surface area contributed by atoms with Crippen LogP contribution in [0.5, 0.6) is 5.75 Å². The molecule has 1 N–H and O–H groups in total. The minimum Gasteiger partial charge on any atom is -0.481 e. The summed E-state index contributed by atoms with van der Waals surface area (Å²) >= 11 is 0. The summed E-state index contributed by atoms with van der Waals surface area (Å²) in [4.78, 5) is 12.2. The summed E-state index contributed by atoms with van der Waals surface area (Å²) in [6.45, 7) is 5.61. The molecule has 2 atom stereocenters. The quantitative estimate of drug-likeness (QED) is 0.912. The van der Waals surface area contributed by atoms with E-state index < -0.39 is 6.10 Å². The third kappa shape index (κ3) is 4.32. The summed E-state index contributed by atoms with van der Waals surface area (Å²) in [6, 6.07) is 13.5. The molecule has 0 heterocycles. The van der Waals surface area contributed by atoms with E-state index in [1.807, 2.05) is 38.1 Å². The molecule has 0 radical (unpaired) electrons. The van der Waals surface area contributed by atoms with Crippen LogP contribution in [0.1, 0.15) is 31.0 Å². The molecule has 0 aromatic heterocycles. The fourth-order valence-corrected chi connectivity index (χ4v) is 2.04. The van der Waals surface area contributed by atoms with E-state index in [0.717, 1.165) is 5.56 Å². The minimum atomic E-state index is -0.654. The van der Waals surface area contributed by atoms with Crippen molar-refractivity contribution in [3.05, 3.63) is 65.5 Å². The smallest absolute Gasteiger partial charge is 0.261 e. The van der Waals surface area contributed by atoms with E-state index in [1.165, 1.54) is 29.8 Å². The zero-order valence-electron chi connectivity index (χ0n) is 13.0. The number of halogens is 1. The molecule has 0 aliphatic rings. The van der Waals surface area contributed by atoms with Crippen molar-refractivity contribution >= 4 is 5.91 Å². The number of ether oxygens (including phenoxy) is 1. The largest absolute Gasteiger partial charge is 0.481 e. The summed E-state index contributed by atoms with van der Waals surface area (Å²) in [5, 5.41) is 2.91. The molecule has 0 saturated heterocycles. The Balaban J connectivity index is 1.93. The van der Waals surface area contributed by atoms with E-state index in [1.54, 1.807) is 6.92 Å². The molecule has 2 rings (SSSR count). The number of hydrogen-bond acceptors (Lipinski definition) is 2. The molecule has 0 spiro atoms. The van der Waals surface area contributed by atoms with E-state index in [9.17, 15) is 9.18 Å². The van der Waals surface area contributed by atoms with Crippen LogP contribution >= 0.6 is 0 Å². The van der Waals surface area contributed by atoms with Crippen LogP contribution in [0.4, 0.5) is 4.39 Å². The number of carbonyl (C=O) groups is 1. The Labute approximate surface area is 130 Å². The Hall–Kier alpha value is -2.36. The summed E-state index contributed by atoms with van der Waals surface area (Å²) in [5.41, 5.74) is 2.21. The number of benzene rings is 2. The molecule has 0 bridgehead atoms. The van der Waals surface area contributed by atoms with Gasteiger partial charge in [-0.3, -0.25) is 4.79 Å². The lowest BCUT2D eigenvalue weighted by Gasteiger charge is -2.19. The van der Waals surface area contributed by atoms with Crippen LogP contribution in [0.2, 0.25) is 0 Å². The first-order valence-electron chi connectivity index (χ1n) is 7.25. The zero-order chi connectivity index (χ0) is 16.1. The second kappa shape index (κ2) is 7.07. The number of carbonyl (C=O) groups excluding carboxylic acids is 1. The average Bonchev–Trinajstić information content (AvgIpc) is 2.50. The SMILES string of the molecule is Cc1ccc([C@H](C)NC(=O)[C@@H](C)Oc2ccc(F)cc2)cc1. The second-order valence-electron chi connectivity index (χ2n) is 5.35. The van der Waals surface area contributed by atoms with Crippen LogP contribution in [-0.2, 0) is 4.79 Å². The van der Waals surface area contributed by atoms with Crippen molar-refractivity contribution in [2.75, 3.05) is 0 Å². The number of rotatable bonds is 5. The number of amides is 1. The summed E-state index contributed by atoms with van der Waals surface area (Å²) in [6.07, 6.45) is -0.654. The van der Waals surface area contributed by atoms with Crippen molar-refractivity contribution in [3.63, 3.8) is 0 Å². The molecule has 0 aliphatic carbocycles. The van der Waals surface area contributed by atoms with E-state index in [2.05, 4.69) is 5.32 Å². The molecule has 22 heavy (non-hydrogen) atoms. The summed E-state index contributed by atoms with van der Waals surface area (Å²) in [7, 11) is 0. The van der Waals surface area contributed by atoms with Crippen molar-refractivity contribution in [2.45, 2.75) is 32.9 Å². The highest BCUT2D eigenvalue weighted by atomic mass is 19.1. The molecule has 116 valence electrons. The molecule has 3 nitrogen and oxygen atoms in total. The standard InChI is InChI=1S/C18H20FNO2/c1-12-4-6-15(7-5-12)13(2)20-18(21)14(3)22-17-10-8-16(19)9-11-17/h4-11,13-14H,1-3H3,(H,20,21)/t13-,14+/m0/s1. The van der Waals surface area contributed by atoms with Gasteiger partial charge in [-0.1, -0.05) is 29.8 Å². The van der Waals surface area contributed by atoms with Gasteiger partial charge in [-0.15, -0.1) is 0 Å². The van der Waals surface area contributed by atoms with E-state index >= 15 is 0 Å². The predicted octanol–water partition coefficient (Wildman–Crippen LogP) is 3.78. The first-order chi connectivity index (χ1) is 10.5. The van der Waals surface area contributed by atoms with E-state index in [0.29, 0.717) is 5.75 Å². The van der Waals surface area contributed by atoms with Gasteiger partial charge in [-0.2, -0.15) is 0 Å². The summed E-state index contributed by atoms with van der Waals surface area (Å²) < 4.78 is 18.3. The Kier molecular flexibility index (Phi) is 5.15. The van der Waals surface area contributed by atoms with Crippen LogP contribution in [0.15, 0.2) is 48.5 Å². The minimum absolute atomic E-state index is 0.104. The molecule has 2 aromatic carbocycles. The fraction of sp³-hybridized carbons (Fsp3) is 0.278. The van der Waals surface area contributed by atoms with Crippen LogP contribution < -0.4 is 10.1 Å². The Morgan fingerprint density at radius 1 is 1.05 bits per heavy atom. The summed E-state index contributed by atoms with van der Waals surface area (Å²) in [5.74, 6) is -0.0816. The van der Waals surface area contributed by atoms with Crippen molar-refractivity contribution < 1.29 is 13.9 Å². The highest BCUT2D eigenvalue weighted by Gasteiger charge is 2.17. The fourth-order valence-electron chi connectivity index (χ4n) is 2.04. The van der Waals surface area contributed by atoms with Gasteiger partial charge in [0.05, 0.1) is 6.04 Å². The lowest BCUT2D eigenvalue weighted by atomic mass is 10.1. The number of nitrogens with one attached hydrogen (secondary N) is 1. The van der Waals surface area contributed by atoms with Gasteiger partial charge in [0.1, 0.15) is 11.6 Å². The molecular weight excluding hydrogens is 281 g/mol. The van der Waals surface area contributed by atoms with Gasteiger partial charge in [0.25, 0.3) is 5.91 Å². The van der Waals surface area contributed by atoms with Gasteiger partial charge in [-0.05, 0) is 50.6 Å². The van der Waals surface area contributed by atoms with Gasteiger partial charge in [0.2, 0.25) is 0 Å². The lowest BCUT2D eigenvalue weighted by molar-refractivity contribution is -0.127. The van der Waals surface area contributed by atoms with Crippen LogP contribution in [0, 0.1) is 12.7 Å². The van der Waals surface area contributed by atoms with Crippen LogP contribution in [-0.4, -0.2) is 12.0 Å². The van der Waals surface area contributed by atoms with Crippen LogP contribution in [0.3, 0.4) is 0 Å². The maximum atomic E-state index is 12.8. The second-order valence-corrected chi connectivity index (χ2v) is 5.35. The van der Waals surface area contributed by atoms with Gasteiger partial charge in [-0.25, -0.2) is 4.39 Å². The maximum absolute atomic E-state index is 12.8. The van der Waals surface area contributed by atoms with Gasteiger partial charge in [0.15, 0.2) is 6.10 Å². The number of hydrogen-bond donors (Lipinski definition) is 1. The average molecular weight is 301 g/mol. The first kappa shape index (κ1) is 16.0. The normalized spacial score (nSPS) is 13.3. The third-order valence-electron chi connectivity index (χ3n) is 3.43. The monoisotopic (exact) mass is 301 g/mol. The van der Waals surface area contributed by atoms with Crippen molar-refractivity contribution in [2.24, 2.45) is 0 Å². The molecule has 0 saturated carbocycles. The maximum Gasteiger partial charge on any atom is 0.261 e. The lowest BCUT2D eigenvalue weighted by Crippen LogP contribution is -2.37. The predicted molar refractivity (Wildman–Crippen MR) is 84.2 cm³/mol. The van der Waals surface area contributed by atoms with Crippen LogP contribution in [0.25, 0.3) is 0 Å². The van der Waals surface area contributed by atoms with Gasteiger partial charge in [0, 0.05) is 0 Å². The van der Waals surface area contributed by atoms with Crippen molar-refractivity contribution in [1.29, 1.82) is 0 Å². The van der Waals surface area contributed by atoms with Crippen molar-refractivity contribution in [1.82, 2.24) is 5.32 Å². The molecule has 4 heteroatoms. The Bertz CT molecular complexity index is 623. The highest BCUT2D eigenvalue weighted by molar-refractivity contribution is 5.81.